The molecule has 2 aromatic carbocycles. The summed E-state index contributed by atoms with van der Waals surface area (Å²) in [4.78, 5) is 29.8. The predicted octanol–water partition coefficient (Wildman–Crippen LogP) is 4.12. The van der Waals surface area contributed by atoms with Gasteiger partial charge in [0.05, 0.1) is 16.6 Å². The minimum absolute atomic E-state index is 0.173. The number of hydroxylamine groups is 1. The summed E-state index contributed by atoms with van der Waals surface area (Å²) in [6.07, 6.45) is 3.32. The Kier molecular flexibility index (Phi) is 5.99. The molecule has 0 aliphatic heterocycles. The second-order valence-corrected chi connectivity index (χ2v) is 7.37. The van der Waals surface area contributed by atoms with Crippen molar-refractivity contribution in [1.29, 1.82) is 0 Å². The molecule has 3 rings (SSSR count). The maximum absolute atomic E-state index is 13.6. The number of hydrogen-bond donors (Lipinski definition) is 2. The monoisotopic (exact) mass is 403 g/mol. The lowest BCUT2D eigenvalue weighted by Crippen LogP contribution is -2.25. The van der Waals surface area contributed by atoms with Crippen molar-refractivity contribution in [3.05, 3.63) is 81.4 Å². The van der Waals surface area contributed by atoms with Gasteiger partial charge in [-0.25, -0.2) is 10.5 Å². The number of benzene rings is 2. The molecule has 0 saturated carbocycles. The van der Waals surface area contributed by atoms with Gasteiger partial charge in [-0.1, -0.05) is 31.2 Å². The van der Waals surface area contributed by atoms with Crippen molar-refractivity contribution in [2.24, 2.45) is 0 Å². The fraction of sp³-hybridized carbons (Fsp3) is 0.208. The molecule has 0 spiro atoms. The fourth-order valence-corrected chi connectivity index (χ4v) is 3.53. The second kappa shape index (κ2) is 8.47. The maximum atomic E-state index is 13.6. The summed E-state index contributed by atoms with van der Waals surface area (Å²) in [5.74, 6) is 0.0176. The number of allylic oxidation sites excluding steroid dienone is 1. The average molecular weight is 403 g/mol. The van der Waals surface area contributed by atoms with Gasteiger partial charge in [-0.05, 0) is 61.7 Å². The van der Waals surface area contributed by atoms with Crippen molar-refractivity contribution in [1.82, 2.24) is 15.0 Å². The summed E-state index contributed by atoms with van der Waals surface area (Å²) in [5.41, 5.74) is 7.03. The number of hydrogen-bond acceptors (Lipinski definition) is 4. The number of rotatable bonds is 5. The van der Waals surface area contributed by atoms with E-state index in [9.17, 15) is 9.59 Å². The van der Waals surface area contributed by atoms with Crippen LogP contribution in [0.1, 0.15) is 41.9 Å². The summed E-state index contributed by atoms with van der Waals surface area (Å²) in [7, 11) is 0. The van der Waals surface area contributed by atoms with E-state index in [0.29, 0.717) is 28.7 Å². The zero-order chi connectivity index (χ0) is 22.0. The van der Waals surface area contributed by atoms with Gasteiger partial charge >= 0.3 is 0 Å². The molecule has 0 bridgehead atoms. The van der Waals surface area contributed by atoms with Gasteiger partial charge in [0.25, 0.3) is 11.5 Å². The first kappa shape index (κ1) is 21.2. The maximum Gasteiger partial charge on any atom is 0.267 e. The lowest BCUT2D eigenvalue weighted by Gasteiger charge is -2.17. The molecule has 0 radical (unpaired) electrons. The molecule has 0 atom stereocenters. The Hall–Kier alpha value is -3.51. The number of aromatic nitrogens is 2. The smallest absolute Gasteiger partial charge is 0.267 e. The van der Waals surface area contributed by atoms with E-state index in [1.165, 1.54) is 12.2 Å². The van der Waals surface area contributed by atoms with E-state index in [4.69, 9.17) is 10.2 Å². The Balaban J connectivity index is 2.38. The van der Waals surface area contributed by atoms with E-state index in [1.807, 2.05) is 52.0 Å². The van der Waals surface area contributed by atoms with Crippen LogP contribution < -0.4 is 11.0 Å². The van der Waals surface area contributed by atoms with Crippen LogP contribution in [-0.2, 0) is 11.2 Å². The first-order valence-corrected chi connectivity index (χ1v) is 9.72. The molecule has 0 aliphatic rings. The van der Waals surface area contributed by atoms with Crippen molar-refractivity contribution < 1.29 is 10.0 Å². The summed E-state index contributed by atoms with van der Waals surface area (Å²) in [6.45, 7) is 11.8. The standard InChI is InChI=1S/C24H25N3O3/c1-6-21-25-23-18(14(2)3)12-17(8-10-22(28)26-30)13-19(23)24(29)27(21)20-9-7-15(4)11-16(20)5/h7-13,30H,2,6H2,1,3-5H3,(H,26,28)/b10-8+. The number of fused-ring (bicyclic) bond motifs is 1. The molecule has 0 unspecified atom stereocenters. The topological polar surface area (TPSA) is 84.2 Å². The highest BCUT2D eigenvalue weighted by Gasteiger charge is 2.16. The molecule has 2 N–H and O–H groups in total. The molecule has 6 heteroatoms. The summed E-state index contributed by atoms with van der Waals surface area (Å²) >= 11 is 0. The van der Waals surface area contributed by atoms with Crippen LogP contribution in [0.4, 0.5) is 0 Å². The normalized spacial score (nSPS) is 11.2. The van der Waals surface area contributed by atoms with Crippen LogP contribution in [0.5, 0.6) is 0 Å². The number of aryl methyl sites for hydroxylation is 3. The lowest BCUT2D eigenvalue weighted by atomic mass is 10.0. The first-order valence-electron chi connectivity index (χ1n) is 9.72. The molecule has 0 aliphatic carbocycles. The quantitative estimate of drug-likeness (QED) is 0.381. The van der Waals surface area contributed by atoms with E-state index in [1.54, 1.807) is 16.1 Å². The zero-order valence-electron chi connectivity index (χ0n) is 17.6. The molecule has 1 heterocycles. The molecule has 30 heavy (non-hydrogen) atoms. The van der Waals surface area contributed by atoms with Crippen LogP contribution in [0, 0.1) is 13.8 Å². The number of nitrogens with zero attached hydrogens (tertiary/aromatic N) is 2. The van der Waals surface area contributed by atoms with Crippen LogP contribution in [0.15, 0.2) is 47.8 Å². The largest absolute Gasteiger partial charge is 0.288 e. The SMILES string of the molecule is C=C(C)c1cc(/C=C/C(=O)NO)cc2c(=O)n(-c3ccc(C)cc3C)c(CC)nc12. The molecule has 0 fully saturated rings. The molecular formula is C24H25N3O3. The van der Waals surface area contributed by atoms with Gasteiger partial charge < -0.3 is 0 Å². The van der Waals surface area contributed by atoms with Gasteiger partial charge in [-0.3, -0.25) is 19.4 Å². The van der Waals surface area contributed by atoms with Gasteiger partial charge in [-0.2, -0.15) is 0 Å². The Morgan fingerprint density at radius 3 is 2.60 bits per heavy atom. The predicted molar refractivity (Wildman–Crippen MR) is 120 cm³/mol. The first-order chi connectivity index (χ1) is 14.3. The minimum Gasteiger partial charge on any atom is -0.288 e. The third kappa shape index (κ3) is 3.95. The Labute approximate surface area is 175 Å². The van der Waals surface area contributed by atoms with Crippen LogP contribution in [0.3, 0.4) is 0 Å². The number of carbonyl (C=O) groups is 1. The van der Waals surface area contributed by atoms with Crippen molar-refractivity contribution in [2.75, 3.05) is 0 Å². The van der Waals surface area contributed by atoms with E-state index in [0.717, 1.165) is 28.0 Å². The van der Waals surface area contributed by atoms with Gasteiger partial charge in [0.1, 0.15) is 5.82 Å². The van der Waals surface area contributed by atoms with Crippen molar-refractivity contribution in [2.45, 2.75) is 34.1 Å². The van der Waals surface area contributed by atoms with Gasteiger partial charge in [-0.15, -0.1) is 0 Å². The highest BCUT2D eigenvalue weighted by molar-refractivity contribution is 5.94. The molecule has 1 aromatic heterocycles. The molecule has 3 aromatic rings. The van der Waals surface area contributed by atoms with Crippen molar-refractivity contribution >= 4 is 28.5 Å². The molecule has 154 valence electrons. The third-order valence-corrected chi connectivity index (χ3v) is 4.97. The summed E-state index contributed by atoms with van der Waals surface area (Å²) in [5, 5.41) is 9.15. The van der Waals surface area contributed by atoms with E-state index in [-0.39, 0.29) is 5.56 Å². The second-order valence-electron chi connectivity index (χ2n) is 7.37. The van der Waals surface area contributed by atoms with Gasteiger partial charge in [0.2, 0.25) is 0 Å². The lowest BCUT2D eigenvalue weighted by molar-refractivity contribution is -0.124. The number of carbonyl (C=O) groups excluding carboxylic acids is 1. The van der Waals surface area contributed by atoms with Crippen molar-refractivity contribution in [3.8, 4) is 5.69 Å². The van der Waals surface area contributed by atoms with Crippen LogP contribution >= 0.6 is 0 Å². The molecule has 0 saturated heterocycles. The van der Waals surface area contributed by atoms with Crippen LogP contribution in [-0.4, -0.2) is 20.7 Å². The highest BCUT2D eigenvalue weighted by Crippen LogP contribution is 2.25. The van der Waals surface area contributed by atoms with E-state index in [2.05, 4.69) is 6.58 Å². The Morgan fingerprint density at radius 2 is 2.00 bits per heavy atom. The molecule has 6 nitrogen and oxygen atoms in total. The summed E-state index contributed by atoms with van der Waals surface area (Å²) in [6, 6.07) is 9.49. The van der Waals surface area contributed by atoms with Gasteiger partial charge in [0.15, 0.2) is 0 Å². The Bertz CT molecular complexity index is 1250. The van der Waals surface area contributed by atoms with E-state index >= 15 is 0 Å². The zero-order valence-corrected chi connectivity index (χ0v) is 17.6. The van der Waals surface area contributed by atoms with Crippen molar-refractivity contribution in [3.63, 3.8) is 0 Å². The molecular weight excluding hydrogens is 378 g/mol. The van der Waals surface area contributed by atoms with Gasteiger partial charge in [0, 0.05) is 18.1 Å². The Morgan fingerprint density at radius 1 is 1.27 bits per heavy atom. The average Bonchev–Trinajstić information content (AvgIpc) is 2.72. The third-order valence-electron chi connectivity index (χ3n) is 4.97. The van der Waals surface area contributed by atoms with E-state index < -0.39 is 5.91 Å². The highest BCUT2D eigenvalue weighted by atomic mass is 16.5. The van der Waals surface area contributed by atoms with Crippen LogP contribution in [0.2, 0.25) is 0 Å². The molecule has 1 amide bonds. The fourth-order valence-electron chi connectivity index (χ4n) is 3.53. The number of amides is 1. The number of nitrogens with one attached hydrogen (secondary N) is 1. The van der Waals surface area contributed by atoms with Crippen LogP contribution in [0.25, 0.3) is 28.2 Å². The minimum atomic E-state index is -0.654. The summed E-state index contributed by atoms with van der Waals surface area (Å²) < 4.78 is 1.66.